The minimum Gasteiger partial charge on any atom is -0.452 e. The van der Waals surface area contributed by atoms with Crippen LogP contribution in [0.3, 0.4) is 0 Å². The standard InChI is InChI=1S/C20H18ClNO5/c21-14-5-3-13(4-6-14)19(24)25-12-18(23)22-15-7-8-16-17(11-15)27-20(26-16)9-1-2-10-20/h3-8,11H,1-2,9-10,12H2,(H,22,23). The van der Waals surface area contributed by atoms with Gasteiger partial charge in [-0.3, -0.25) is 4.79 Å². The van der Waals surface area contributed by atoms with Crippen LogP contribution in [0.25, 0.3) is 0 Å². The van der Waals surface area contributed by atoms with Gasteiger partial charge in [-0.2, -0.15) is 0 Å². The predicted molar refractivity (Wildman–Crippen MR) is 99.3 cm³/mol. The summed E-state index contributed by atoms with van der Waals surface area (Å²) in [5, 5.41) is 3.21. The highest BCUT2D eigenvalue weighted by Gasteiger charge is 2.44. The van der Waals surface area contributed by atoms with E-state index in [1.54, 1.807) is 42.5 Å². The summed E-state index contributed by atoms with van der Waals surface area (Å²) >= 11 is 5.78. The summed E-state index contributed by atoms with van der Waals surface area (Å²) in [7, 11) is 0. The fraction of sp³-hybridized carbons (Fsp3) is 0.300. The quantitative estimate of drug-likeness (QED) is 0.797. The largest absolute Gasteiger partial charge is 0.452 e. The minimum atomic E-state index is -0.587. The first kappa shape index (κ1) is 17.7. The van der Waals surface area contributed by atoms with Gasteiger partial charge in [0, 0.05) is 29.6 Å². The number of anilines is 1. The highest BCUT2D eigenvalue weighted by molar-refractivity contribution is 6.30. The number of hydrogen-bond acceptors (Lipinski definition) is 5. The molecule has 1 aliphatic carbocycles. The highest BCUT2D eigenvalue weighted by Crippen LogP contribution is 2.47. The lowest BCUT2D eigenvalue weighted by Gasteiger charge is -2.21. The second kappa shape index (κ2) is 7.12. The van der Waals surface area contributed by atoms with Crippen LogP contribution in [0.15, 0.2) is 42.5 Å². The first-order valence-electron chi connectivity index (χ1n) is 8.78. The zero-order valence-electron chi connectivity index (χ0n) is 14.5. The number of carbonyl (C=O) groups excluding carboxylic acids is 2. The summed E-state index contributed by atoms with van der Waals surface area (Å²) in [5.74, 6) is -0.265. The van der Waals surface area contributed by atoms with Gasteiger partial charge >= 0.3 is 5.97 Å². The van der Waals surface area contributed by atoms with Crippen LogP contribution in [-0.4, -0.2) is 24.3 Å². The van der Waals surface area contributed by atoms with E-state index in [1.807, 2.05) is 0 Å². The molecule has 1 saturated carbocycles. The number of ether oxygens (including phenoxy) is 3. The van der Waals surface area contributed by atoms with Crippen molar-refractivity contribution in [3.63, 3.8) is 0 Å². The van der Waals surface area contributed by atoms with Crippen LogP contribution < -0.4 is 14.8 Å². The van der Waals surface area contributed by atoms with Gasteiger partial charge in [-0.15, -0.1) is 0 Å². The molecule has 1 fully saturated rings. The van der Waals surface area contributed by atoms with Crippen molar-refractivity contribution in [2.45, 2.75) is 31.5 Å². The van der Waals surface area contributed by atoms with Crippen LogP contribution in [0.5, 0.6) is 11.5 Å². The van der Waals surface area contributed by atoms with Crippen molar-refractivity contribution in [1.29, 1.82) is 0 Å². The van der Waals surface area contributed by atoms with E-state index in [-0.39, 0.29) is 6.61 Å². The molecule has 140 valence electrons. The Balaban J connectivity index is 1.33. The van der Waals surface area contributed by atoms with Crippen LogP contribution >= 0.6 is 11.6 Å². The maximum absolute atomic E-state index is 12.1. The molecule has 0 unspecified atom stereocenters. The van der Waals surface area contributed by atoms with E-state index in [0.29, 0.717) is 27.8 Å². The topological polar surface area (TPSA) is 73.9 Å². The Morgan fingerprint density at radius 2 is 1.74 bits per heavy atom. The Labute approximate surface area is 161 Å². The first-order valence-corrected chi connectivity index (χ1v) is 9.15. The molecule has 0 saturated heterocycles. The molecule has 7 heteroatoms. The van der Waals surface area contributed by atoms with Gasteiger partial charge in [-0.25, -0.2) is 4.79 Å². The number of fused-ring (bicyclic) bond motifs is 1. The molecule has 0 aromatic heterocycles. The van der Waals surface area contributed by atoms with Gasteiger partial charge in [0.1, 0.15) is 0 Å². The summed E-state index contributed by atoms with van der Waals surface area (Å²) in [6.07, 6.45) is 3.89. The summed E-state index contributed by atoms with van der Waals surface area (Å²) < 4.78 is 16.9. The molecule has 2 aromatic rings. The van der Waals surface area contributed by atoms with Crippen molar-refractivity contribution in [2.75, 3.05) is 11.9 Å². The summed E-state index contributed by atoms with van der Waals surface area (Å²) in [4.78, 5) is 24.0. The normalized spacial score (nSPS) is 16.3. The molecule has 1 N–H and O–H groups in total. The Hall–Kier alpha value is -2.73. The number of halogens is 1. The third-order valence-electron chi connectivity index (χ3n) is 4.60. The Morgan fingerprint density at radius 1 is 1.04 bits per heavy atom. The fourth-order valence-corrected chi connectivity index (χ4v) is 3.41. The van der Waals surface area contributed by atoms with Gasteiger partial charge in [-0.05, 0) is 49.2 Å². The van der Waals surface area contributed by atoms with Crippen molar-refractivity contribution in [3.05, 3.63) is 53.1 Å². The van der Waals surface area contributed by atoms with Gasteiger partial charge in [-0.1, -0.05) is 11.6 Å². The van der Waals surface area contributed by atoms with Crippen molar-refractivity contribution in [1.82, 2.24) is 0 Å². The van der Waals surface area contributed by atoms with Crippen LogP contribution in [0.2, 0.25) is 5.02 Å². The van der Waals surface area contributed by atoms with E-state index in [4.69, 9.17) is 25.8 Å². The second-order valence-corrected chi connectivity index (χ2v) is 7.05. The smallest absolute Gasteiger partial charge is 0.338 e. The number of carbonyl (C=O) groups is 2. The molecular formula is C20H18ClNO5. The molecule has 0 atom stereocenters. The molecule has 2 aromatic carbocycles. The Bertz CT molecular complexity index is 874. The van der Waals surface area contributed by atoms with Crippen LogP contribution in [0.4, 0.5) is 5.69 Å². The third-order valence-corrected chi connectivity index (χ3v) is 4.85. The molecule has 1 amide bonds. The van der Waals surface area contributed by atoms with Crippen molar-refractivity contribution < 1.29 is 23.8 Å². The lowest BCUT2D eigenvalue weighted by Crippen LogP contribution is -2.34. The molecular weight excluding hydrogens is 370 g/mol. The molecule has 1 heterocycles. The summed E-state index contributed by atoms with van der Waals surface area (Å²) in [6, 6.07) is 11.5. The number of esters is 1. The molecule has 0 radical (unpaired) electrons. The zero-order chi connectivity index (χ0) is 18.9. The maximum atomic E-state index is 12.1. The van der Waals surface area contributed by atoms with Crippen molar-refractivity contribution in [2.24, 2.45) is 0 Å². The highest BCUT2D eigenvalue weighted by atomic mass is 35.5. The van der Waals surface area contributed by atoms with Crippen LogP contribution in [0, 0.1) is 0 Å². The molecule has 0 bridgehead atoms. The summed E-state index contributed by atoms with van der Waals surface area (Å²) in [5.41, 5.74) is 0.886. The second-order valence-electron chi connectivity index (χ2n) is 6.61. The predicted octanol–water partition coefficient (Wildman–Crippen LogP) is 4.18. The number of amides is 1. The van der Waals surface area contributed by atoms with Gasteiger partial charge in [0.25, 0.3) is 11.7 Å². The maximum Gasteiger partial charge on any atom is 0.338 e. The van der Waals surface area contributed by atoms with Gasteiger partial charge in [0.05, 0.1) is 5.56 Å². The first-order chi connectivity index (χ1) is 13.0. The zero-order valence-corrected chi connectivity index (χ0v) is 15.3. The van der Waals surface area contributed by atoms with E-state index in [1.165, 1.54) is 0 Å². The van der Waals surface area contributed by atoms with Gasteiger partial charge < -0.3 is 19.5 Å². The average molecular weight is 388 g/mol. The molecule has 27 heavy (non-hydrogen) atoms. The molecule has 4 rings (SSSR count). The van der Waals surface area contributed by atoms with Gasteiger partial charge in [0.15, 0.2) is 18.1 Å². The fourth-order valence-electron chi connectivity index (χ4n) is 3.29. The van der Waals surface area contributed by atoms with E-state index in [2.05, 4.69) is 5.32 Å². The molecule has 2 aliphatic rings. The van der Waals surface area contributed by atoms with E-state index in [9.17, 15) is 9.59 Å². The average Bonchev–Trinajstić information content (AvgIpc) is 3.26. The molecule has 1 spiro atoms. The lowest BCUT2D eigenvalue weighted by atomic mass is 10.2. The van der Waals surface area contributed by atoms with Crippen molar-refractivity contribution >= 4 is 29.2 Å². The Kier molecular flexibility index (Phi) is 4.66. The molecule has 1 aliphatic heterocycles. The SMILES string of the molecule is O=C(COC(=O)c1ccc(Cl)cc1)Nc1ccc2c(c1)OC1(CCCC1)O2. The van der Waals surface area contributed by atoms with Crippen molar-refractivity contribution in [3.8, 4) is 11.5 Å². The van der Waals surface area contributed by atoms with E-state index >= 15 is 0 Å². The van der Waals surface area contributed by atoms with E-state index in [0.717, 1.165) is 25.7 Å². The van der Waals surface area contributed by atoms with E-state index < -0.39 is 17.7 Å². The third kappa shape index (κ3) is 3.85. The number of rotatable bonds is 4. The monoisotopic (exact) mass is 387 g/mol. The number of nitrogens with one attached hydrogen (secondary N) is 1. The van der Waals surface area contributed by atoms with Gasteiger partial charge in [0.2, 0.25) is 0 Å². The molecule has 6 nitrogen and oxygen atoms in total. The van der Waals surface area contributed by atoms with Crippen LogP contribution in [-0.2, 0) is 9.53 Å². The Morgan fingerprint density at radius 3 is 2.48 bits per heavy atom. The summed E-state index contributed by atoms with van der Waals surface area (Å²) in [6.45, 7) is -0.389. The van der Waals surface area contributed by atoms with Crippen LogP contribution in [0.1, 0.15) is 36.0 Å². The lowest BCUT2D eigenvalue weighted by molar-refractivity contribution is -0.119. The number of benzene rings is 2. The minimum absolute atomic E-state index is 0.331. The number of hydrogen-bond donors (Lipinski definition) is 1.